The number of hydrogen-bond donors (Lipinski definition) is 2. The minimum atomic E-state index is -0.819. The summed E-state index contributed by atoms with van der Waals surface area (Å²) in [5, 5.41) is 13.0. The largest absolute Gasteiger partial charge is 0.481 e. The molecule has 3 rings (SSSR count). The maximum absolute atomic E-state index is 12.5. The number of likely N-dealkylation sites (tertiary alicyclic amines) is 1. The maximum atomic E-state index is 12.5. The molecule has 136 valence electrons. The first-order valence-electron chi connectivity index (χ1n) is 8.82. The highest BCUT2D eigenvalue weighted by atomic mass is 35.5. The Morgan fingerprint density at radius 3 is 2.64 bits per heavy atom. The van der Waals surface area contributed by atoms with E-state index in [9.17, 15) is 9.59 Å². The smallest absolute Gasteiger partial charge is 0.317 e. The lowest BCUT2D eigenvalue weighted by Crippen LogP contribution is -2.54. The van der Waals surface area contributed by atoms with Gasteiger partial charge in [-0.1, -0.05) is 23.7 Å². The summed E-state index contributed by atoms with van der Waals surface area (Å²) < 4.78 is 0. The number of carboxylic acid groups (broad SMARTS) is 1. The Hall–Kier alpha value is -1.95. The average molecular weight is 366 g/mol. The van der Waals surface area contributed by atoms with Gasteiger partial charge in [-0.25, -0.2) is 4.79 Å². The number of hydrogen-bond acceptors (Lipinski definition) is 3. The number of nitrogens with zero attached hydrogens (tertiary/aromatic N) is 2. The van der Waals surface area contributed by atoms with Crippen molar-refractivity contribution in [1.82, 2.24) is 10.2 Å². The number of carbonyl (C=O) groups is 2. The summed E-state index contributed by atoms with van der Waals surface area (Å²) in [4.78, 5) is 27.5. The van der Waals surface area contributed by atoms with Crippen LogP contribution in [0.2, 0.25) is 5.02 Å². The average Bonchev–Trinajstić information content (AvgIpc) is 2.62. The molecule has 2 fully saturated rings. The van der Waals surface area contributed by atoms with Gasteiger partial charge in [0.25, 0.3) is 0 Å². The Morgan fingerprint density at radius 2 is 1.88 bits per heavy atom. The van der Waals surface area contributed by atoms with Crippen molar-refractivity contribution in [2.75, 3.05) is 31.1 Å². The van der Waals surface area contributed by atoms with E-state index in [4.69, 9.17) is 16.7 Å². The van der Waals surface area contributed by atoms with Crippen LogP contribution in [0.25, 0.3) is 0 Å². The highest BCUT2D eigenvalue weighted by Crippen LogP contribution is 2.28. The molecule has 0 spiro atoms. The van der Waals surface area contributed by atoms with Gasteiger partial charge in [-0.05, 0) is 37.8 Å². The second-order valence-electron chi connectivity index (χ2n) is 6.81. The van der Waals surface area contributed by atoms with Gasteiger partial charge >= 0.3 is 12.0 Å². The van der Waals surface area contributed by atoms with E-state index in [0.29, 0.717) is 26.1 Å². The van der Waals surface area contributed by atoms with E-state index in [1.165, 1.54) is 0 Å². The number of halogens is 1. The summed E-state index contributed by atoms with van der Waals surface area (Å²) in [5.41, 5.74) is 0.993. The van der Waals surface area contributed by atoms with Crippen LogP contribution in [-0.2, 0) is 4.79 Å². The number of aliphatic carboxylic acids is 1. The molecular formula is C18H24ClN3O3. The molecule has 2 amide bonds. The van der Waals surface area contributed by atoms with Crippen LogP contribution in [0.3, 0.4) is 0 Å². The number of benzene rings is 1. The van der Waals surface area contributed by atoms with Gasteiger partial charge in [0, 0.05) is 32.2 Å². The number of rotatable bonds is 3. The molecule has 0 bridgehead atoms. The summed E-state index contributed by atoms with van der Waals surface area (Å²) in [6.45, 7) is 2.55. The van der Waals surface area contributed by atoms with Crippen LogP contribution in [0.15, 0.2) is 24.3 Å². The molecule has 1 aromatic rings. The number of anilines is 1. The van der Waals surface area contributed by atoms with Gasteiger partial charge in [0.05, 0.1) is 16.6 Å². The summed E-state index contributed by atoms with van der Waals surface area (Å²) in [6, 6.07) is 7.63. The molecule has 2 heterocycles. The zero-order valence-corrected chi connectivity index (χ0v) is 14.9. The molecule has 25 heavy (non-hydrogen) atoms. The van der Waals surface area contributed by atoms with E-state index < -0.39 is 11.9 Å². The molecule has 0 saturated carbocycles. The van der Waals surface area contributed by atoms with Crippen molar-refractivity contribution >= 4 is 29.3 Å². The van der Waals surface area contributed by atoms with Gasteiger partial charge < -0.3 is 20.2 Å². The van der Waals surface area contributed by atoms with Crippen molar-refractivity contribution in [3.63, 3.8) is 0 Å². The molecule has 2 aliphatic heterocycles. The standard InChI is InChI=1S/C18H24ClN3O3/c19-15-7-1-2-8-16(15)21-9-4-6-14(12-21)20-18(25)22-10-3-5-13(11-22)17(23)24/h1-2,7-8,13-14H,3-6,9-12H2,(H,20,25)(H,23,24). The molecule has 2 unspecified atom stereocenters. The van der Waals surface area contributed by atoms with E-state index in [1.807, 2.05) is 24.3 Å². The number of piperidine rings is 2. The number of carbonyl (C=O) groups excluding carboxylic acids is 1. The first-order valence-corrected chi connectivity index (χ1v) is 9.20. The molecule has 0 aromatic heterocycles. The second kappa shape index (κ2) is 7.95. The van der Waals surface area contributed by atoms with Crippen LogP contribution in [0.5, 0.6) is 0 Å². The zero-order valence-electron chi connectivity index (χ0n) is 14.2. The second-order valence-corrected chi connectivity index (χ2v) is 7.22. The number of nitrogens with one attached hydrogen (secondary N) is 1. The molecule has 0 radical (unpaired) electrons. The molecular weight excluding hydrogens is 342 g/mol. The van der Waals surface area contributed by atoms with Crippen LogP contribution in [-0.4, -0.2) is 54.2 Å². The number of carboxylic acids is 1. The Labute approximate surface area is 152 Å². The first kappa shape index (κ1) is 17.9. The minimum absolute atomic E-state index is 0.0442. The Bertz CT molecular complexity index is 640. The predicted octanol–water partition coefficient (Wildman–Crippen LogP) is 2.82. The maximum Gasteiger partial charge on any atom is 0.317 e. The van der Waals surface area contributed by atoms with Crippen molar-refractivity contribution in [2.45, 2.75) is 31.7 Å². The van der Waals surface area contributed by atoms with Gasteiger partial charge in [-0.2, -0.15) is 0 Å². The van der Waals surface area contributed by atoms with Gasteiger partial charge in [0.1, 0.15) is 0 Å². The summed E-state index contributed by atoms with van der Waals surface area (Å²) in [6.07, 6.45) is 3.28. The number of amides is 2. The van der Waals surface area contributed by atoms with Gasteiger partial charge in [0.2, 0.25) is 0 Å². The van der Waals surface area contributed by atoms with Gasteiger partial charge in [-0.3, -0.25) is 4.79 Å². The van der Waals surface area contributed by atoms with Crippen molar-refractivity contribution < 1.29 is 14.7 Å². The van der Waals surface area contributed by atoms with Crippen molar-refractivity contribution in [3.8, 4) is 0 Å². The quantitative estimate of drug-likeness (QED) is 0.863. The van der Waals surface area contributed by atoms with E-state index in [0.717, 1.165) is 36.5 Å². The van der Waals surface area contributed by atoms with Crippen LogP contribution < -0.4 is 10.2 Å². The fourth-order valence-corrected chi connectivity index (χ4v) is 3.91. The van der Waals surface area contributed by atoms with Crippen LogP contribution in [0.4, 0.5) is 10.5 Å². The number of urea groups is 1. The third-order valence-corrected chi connectivity index (χ3v) is 5.32. The first-order chi connectivity index (χ1) is 12.0. The van der Waals surface area contributed by atoms with E-state index >= 15 is 0 Å². The SMILES string of the molecule is O=C(O)C1CCCN(C(=O)NC2CCCN(c3ccccc3Cl)C2)C1. The normalized spacial score (nSPS) is 24.0. The van der Waals surface area contributed by atoms with Crippen LogP contribution in [0.1, 0.15) is 25.7 Å². The highest BCUT2D eigenvalue weighted by molar-refractivity contribution is 6.33. The highest BCUT2D eigenvalue weighted by Gasteiger charge is 2.30. The fraction of sp³-hybridized carbons (Fsp3) is 0.556. The van der Waals surface area contributed by atoms with E-state index in [2.05, 4.69) is 10.2 Å². The van der Waals surface area contributed by atoms with Crippen molar-refractivity contribution in [3.05, 3.63) is 29.3 Å². The lowest BCUT2D eigenvalue weighted by Gasteiger charge is -2.37. The van der Waals surface area contributed by atoms with E-state index in [-0.39, 0.29) is 12.1 Å². The third-order valence-electron chi connectivity index (χ3n) is 5.00. The predicted molar refractivity (Wildman–Crippen MR) is 97.2 cm³/mol. The van der Waals surface area contributed by atoms with Crippen molar-refractivity contribution in [2.24, 2.45) is 5.92 Å². The molecule has 0 aliphatic carbocycles. The molecule has 6 nitrogen and oxygen atoms in total. The fourth-order valence-electron chi connectivity index (χ4n) is 3.65. The lowest BCUT2D eigenvalue weighted by atomic mass is 9.98. The summed E-state index contributed by atoms with van der Waals surface area (Å²) in [7, 11) is 0. The van der Waals surface area contributed by atoms with Crippen LogP contribution >= 0.6 is 11.6 Å². The zero-order chi connectivity index (χ0) is 17.8. The topological polar surface area (TPSA) is 72.9 Å². The molecule has 2 atom stereocenters. The molecule has 2 N–H and O–H groups in total. The lowest BCUT2D eigenvalue weighted by molar-refractivity contribution is -0.143. The molecule has 2 aliphatic rings. The molecule has 7 heteroatoms. The van der Waals surface area contributed by atoms with Crippen LogP contribution in [0, 0.1) is 5.92 Å². The van der Waals surface area contributed by atoms with Gasteiger partial charge in [-0.15, -0.1) is 0 Å². The Morgan fingerprint density at radius 1 is 1.12 bits per heavy atom. The molecule has 1 aromatic carbocycles. The number of para-hydroxylation sites is 1. The monoisotopic (exact) mass is 365 g/mol. The summed E-state index contributed by atoms with van der Waals surface area (Å²) in [5.74, 6) is -1.27. The van der Waals surface area contributed by atoms with Gasteiger partial charge in [0.15, 0.2) is 0 Å². The minimum Gasteiger partial charge on any atom is -0.481 e. The van der Waals surface area contributed by atoms with Crippen molar-refractivity contribution in [1.29, 1.82) is 0 Å². The van der Waals surface area contributed by atoms with E-state index in [1.54, 1.807) is 4.90 Å². The Balaban J connectivity index is 1.58. The summed E-state index contributed by atoms with van der Waals surface area (Å²) >= 11 is 6.29. The third kappa shape index (κ3) is 4.37. The molecule has 2 saturated heterocycles. The Kier molecular flexibility index (Phi) is 5.68.